The molecule has 19 heavy (non-hydrogen) atoms. The third kappa shape index (κ3) is 4.05. The molecule has 1 aromatic rings. The second kappa shape index (κ2) is 6.53. The number of hydrogen-bond donors (Lipinski definition) is 3. The summed E-state index contributed by atoms with van der Waals surface area (Å²) < 4.78 is 26.0. The molecule has 9 heteroatoms. The molecule has 0 radical (unpaired) electrons. The molecule has 1 rings (SSSR count). The number of benzene rings is 1. The quantitative estimate of drug-likeness (QED) is 0.726. The number of sulfonamides is 1. The predicted octanol–water partition coefficient (Wildman–Crippen LogP) is 1.11. The third-order valence-corrected chi connectivity index (χ3v) is 4.63. The number of hydrogen-bond acceptors (Lipinski definition) is 4. The standard InChI is InChI=1S/C10H11Cl2NO5S/c11-6-2-1-3-7(12)9(6)19(17,18)13-8(4-5-14)10(15)16/h1-3,8,13-14H,4-5H2,(H,15,16). The fourth-order valence-electron chi connectivity index (χ4n) is 1.35. The van der Waals surface area contributed by atoms with Gasteiger partial charge in [-0.25, -0.2) is 8.42 Å². The van der Waals surface area contributed by atoms with E-state index in [0.717, 1.165) is 0 Å². The molecule has 0 saturated carbocycles. The Balaban J connectivity index is 3.14. The molecule has 6 nitrogen and oxygen atoms in total. The molecule has 1 atom stereocenters. The fraction of sp³-hybridized carbons (Fsp3) is 0.300. The minimum absolute atomic E-state index is 0.117. The monoisotopic (exact) mass is 327 g/mol. The average molecular weight is 328 g/mol. The summed E-state index contributed by atoms with van der Waals surface area (Å²) in [6.45, 7) is -0.476. The van der Waals surface area contributed by atoms with Gasteiger partial charge in [0.15, 0.2) is 0 Å². The highest BCUT2D eigenvalue weighted by molar-refractivity contribution is 7.89. The van der Waals surface area contributed by atoms with Crippen LogP contribution < -0.4 is 4.72 Å². The number of nitrogens with one attached hydrogen (secondary N) is 1. The normalized spacial score (nSPS) is 13.2. The summed E-state index contributed by atoms with van der Waals surface area (Å²) in [5, 5.41) is 17.3. The van der Waals surface area contributed by atoms with Crippen molar-refractivity contribution in [3.05, 3.63) is 28.2 Å². The van der Waals surface area contributed by atoms with Crippen LogP contribution in [0.4, 0.5) is 0 Å². The van der Waals surface area contributed by atoms with Gasteiger partial charge in [-0.05, 0) is 18.6 Å². The Bertz CT molecular complexity index is 555. The van der Waals surface area contributed by atoms with Gasteiger partial charge in [0, 0.05) is 6.61 Å². The zero-order chi connectivity index (χ0) is 14.6. The lowest BCUT2D eigenvalue weighted by atomic mass is 10.2. The van der Waals surface area contributed by atoms with Crippen LogP contribution >= 0.6 is 23.2 Å². The van der Waals surface area contributed by atoms with Crippen molar-refractivity contribution >= 4 is 39.2 Å². The molecular weight excluding hydrogens is 317 g/mol. The van der Waals surface area contributed by atoms with Gasteiger partial charge in [0.25, 0.3) is 0 Å². The molecule has 0 bridgehead atoms. The highest BCUT2D eigenvalue weighted by Gasteiger charge is 2.28. The van der Waals surface area contributed by atoms with E-state index in [-0.39, 0.29) is 21.4 Å². The van der Waals surface area contributed by atoms with Gasteiger partial charge < -0.3 is 10.2 Å². The van der Waals surface area contributed by atoms with Crippen LogP contribution in [-0.2, 0) is 14.8 Å². The van der Waals surface area contributed by atoms with E-state index in [4.69, 9.17) is 33.4 Å². The molecule has 1 aromatic carbocycles. The minimum atomic E-state index is -4.19. The van der Waals surface area contributed by atoms with Crippen LogP contribution in [0, 0.1) is 0 Å². The highest BCUT2D eigenvalue weighted by atomic mass is 35.5. The van der Waals surface area contributed by atoms with Crippen LogP contribution in [0.3, 0.4) is 0 Å². The first kappa shape index (κ1) is 16.2. The van der Waals surface area contributed by atoms with Crippen molar-refractivity contribution in [3.8, 4) is 0 Å². The van der Waals surface area contributed by atoms with Gasteiger partial charge in [-0.15, -0.1) is 0 Å². The van der Waals surface area contributed by atoms with E-state index in [1.807, 2.05) is 4.72 Å². The Labute approximate surface area is 120 Å². The molecule has 0 heterocycles. The SMILES string of the molecule is O=C(O)C(CCO)NS(=O)(=O)c1c(Cl)cccc1Cl. The topological polar surface area (TPSA) is 104 Å². The van der Waals surface area contributed by atoms with Crippen molar-refractivity contribution in [1.29, 1.82) is 0 Å². The number of aliphatic hydroxyl groups is 1. The zero-order valence-electron chi connectivity index (χ0n) is 9.51. The molecule has 106 valence electrons. The van der Waals surface area contributed by atoms with Crippen LogP contribution in [0.25, 0.3) is 0 Å². The second-order valence-corrected chi connectivity index (χ2v) is 6.04. The summed E-state index contributed by atoms with van der Waals surface area (Å²) in [6, 6.07) is 2.65. The molecule has 0 aromatic heterocycles. The largest absolute Gasteiger partial charge is 0.480 e. The summed E-state index contributed by atoms with van der Waals surface area (Å²) >= 11 is 11.5. The van der Waals surface area contributed by atoms with E-state index in [9.17, 15) is 13.2 Å². The molecule has 0 aliphatic carbocycles. The molecule has 0 aliphatic heterocycles. The van der Waals surface area contributed by atoms with E-state index in [2.05, 4.69) is 0 Å². The number of carbonyl (C=O) groups is 1. The molecular formula is C10H11Cl2NO5S. The lowest BCUT2D eigenvalue weighted by molar-refractivity contribution is -0.139. The Morgan fingerprint density at radius 3 is 2.26 bits per heavy atom. The van der Waals surface area contributed by atoms with E-state index in [0.29, 0.717) is 0 Å². The maximum atomic E-state index is 12.0. The van der Waals surface area contributed by atoms with Gasteiger partial charge in [0.2, 0.25) is 10.0 Å². The summed E-state index contributed by atoms with van der Waals surface area (Å²) in [5.74, 6) is -1.40. The second-order valence-electron chi connectivity index (χ2n) is 3.58. The Morgan fingerprint density at radius 2 is 1.84 bits per heavy atom. The smallest absolute Gasteiger partial charge is 0.321 e. The fourth-order valence-corrected chi connectivity index (χ4v) is 3.71. The maximum Gasteiger partial charge on any atom is 0.321 e. The van der Waals surface area contributed by atoms with Gasteiger partial charge in [-0.1, -0.05) is 29.3 Å². The van der Waals surface area contributed by atoms with E-state index >= 15 is 0 Å². The van der Waals surface area contributed by atoms with Crippen LogP contribution in [0.2, 0.25) is 10.0 Å². The molecule has 3 N–H and O–H groups in total. The number of aliphatic carboxylic acids is 1. The predicted molar refractivity (Wildman–Crippen MR) is 69.9 cm³/mol. The average Bonchev–Trinajstić information content (AvgIpc) is 2.27. The molecule has 0 amide bonds. The van der Waals surface area contributed by atoms with Gasteiger partial charge in [0.05, 0.1) is 10.0 Å². The Kier molecular flexibility index (Phi) is 5.57. The van der Waals surface area contributed by atoms with Crippen LogP contribution in [-0.4, -0.2) is 37.2 Å². The van der Waals surface area contributed by atoms with Crippen LogP contribution in [0.5, 0.6) is 0 Å². The Morgan fingerprint density at radius 1 is 1.32 bits per heavy atom. The van der Waals surface area contributed by atoms with Crippen LogP contribution in [0.1, 0.15) is 6.42 Å². The minimum Gasteiger partial charge on any atom is -0.480 e. The van der Waals surface area contributed by atoms with Crippen molar-refractivity contribution in [2.75, 3.05) is 6.61 Å². The summed E-state index contributed by atoms with van der Waals surface area (Å²) in [6.07, 6.45) is -0.267. The van der Waals surface area contributed by atoms with Crippen LogP contribution in [0.15, 0.2) is 23.1 Å². The van der Waals surface area contributed by atoms with Gasteiger partial charge in [-0.3, -0.25) is 4.79 Å². The summed E-state index contributed by atoms with van der Waals surface area (Å²) in [7, 11) is -4.19. The molecule has 0 spiro atoms. The highest BCUT2D eigenvalue weighted by Crippen LogP contribution is 2.28. The van der Waals surface area contributed by atoms with E-state index in [1.165, 1.54) is 18.2 Å². The molecule has 0 aliphatic rings. The van der Waals surface area contributed by atoms with Crippen molar-refractivity contribution < 1.29 is 23.4 Å². The van der Waals surface area contributed by atoms with Gasteiger partial charge in [-0.2, -0.15) is 4.72 Å². The first-order valence-electron chi connectivity index (χ1n) is 5.09. The van der Waals surface area contributed by atoms with Crippen molar-refractivity contribution in [3.63, 3.8) is 0 Å². The molecule has 0 saturated heterocycles. The number of carboxylic acids is 1. The number of rotatable bonds is 6. The third-order valence-electron chi connectivity index (χ3n) is 2.20. The summed E-state index contributed by atoms with van der Waals surface area (Å²) in [4.78, 5) is 10.5. The number of halogens is 2. The lowest BCUT2D eigenvalue weighted by Gasteiger charge is -2.15. The van der Waals surface area contributed by atoms with E-state index < -0.39 is 28.6 Å². The number of aliphatic hydroxyl groups excluding tert-OH is 1. The van der Waals surface area contributed by atoms with E-state index in [1.54, 1.807) is 0 Å². The first-order chi connectivity index (χ1) is 8.79. The van der Waals surface area contributed by atoms with Crippen molar-refractivity contribution in [2.45, 2.75) is 17.4 Å². The lowest BCUT2D eigenvalue weighted by Crippen LogP contribution is -2.41. The summed E-state index contributed by atoms with van der Waals surface area (Å²) in [5.41, 5.74) is 0. The molecule has 0 fully saturated rings. The van der Waals surface area contributed by atoms with Crippen molar-refractivity contribution in [2.24, 2.45) is 0 Å². The maximum absolute atomic E-state index is 12.0. The van der Waals surface area contributed by atoms with Crippen molar-refractivity contribution in [1.82, 2.24) is 4.72 Å². The molecule has 1 unspecified atom stereocenters. The number of carboxylic acid groups (broad SMARTS) is 1. The Hall–Kier alpha value is -0.860. The van der Waals surface area contributed by atoms with Gasteiger partial charge in [0.1, 0.15) is 10.9 Å². The van der Waals surface area contributed by atoms with Gasteiger partial charge >= 0.3 is 5.97 Å². The first-order valence-corrected chi connectivity index (χ1v) is 7.33. The zero-order valence-corrected chi connectivity index (χ0v) is 11.8.